The van der Waals surface area contributed by atoms with E-state index in [0.717, 1.165) is 17.8 Å². The molecule has 2 aliphatic carbocycles. The van der Waals surface area contributed by atoms with Gasteiger partial charge in [-0.05, 0) is 43.4 Å². The molecule has 0 aliphatic heterocycles. The molecule has 2 aliphatic rings. The Labute approximate surface area is 114 Å². The maximum Gasteiger partial charge on any atom is 0.0185 e. The molecule has 106 valence electrons. The van der Waals surface area contributed by atoms with Gasteiger partial charge >= 0.3 is 0 Å². The summed E-state index contributed by atoms with van der Waals surface area (Å²) in [5.74, 6) is 2.60. The minimum atomic E-state index is 0.185. The molecule has 2 saturated carbocycles. The van der Waals surface area contributed by atoms with Crippen LogP contribution in [0.5, 0.6) is 0 Å². The molecule has 2 atom stereocenters. The van der Waals surface area contributed by atoms with Crippen LogP contribution in [-0.2, 0) is 0 Å². The van der Waals surface area contributed by atoms with Crippen molar-refractivity contribution in [2.24, 2.45) is 23.5 Å². The molecule has 2 unspecified atom stereocenters. The summed E-state index contributed by atoms with van der Waals surface area (Å²) >= 11 is 0. The lowest BCUT2D eigenvalue weighted by molar-refractivity contribution is 0.0886. The highest BCUT2D eigenvalue weighted by atomic mass is 14.8. The molecule has 1 nitrogen and oxygen atoms in total. The molecule has 0 bridgehead atoms. The van der Waals surface area contributed by atoms with E-state index >= 15 is 0 Å². The topological polar surface area (TPSA) is 26.0 Å². The molecule has 0 aromatic heterocycles. The number of hydrogen-bond donors (Lipinski definition) is 1. The third-order valence-electron chi connectivity index (χ3n) is 5.55. The molecule has 0 aromatic rings. The standard InChI is InChI=1S/C17H33N/c1-14(2)11-13-17(18)12-7-6-10-16(17)15-8-4-3-5-9-15/h14-16H,3-13,18H2,1-2H3. The highest BCUT2D eigenvalue weighted by Crippen LogP contribution is 2.44. The predicted octanol–water partition coefficient (Wildman–Crippen LogP) is 4.89. The second-order valence-electron chi connectivity index (χ2n) is 7.42. The van der Waals surface area contributed by atoms with E-state index in [9.17, 15) is 0 Å². The predicted molar refractivity (Wildman–Crippen MR) is 79.5 cm³/mol. The first-order valence-electron chi connectivity index (χ1n) is 8.41. The SMILES string of the molecule is CC(C)CCC1(N)CCCCC1C1CCCCC1. The van der Waals surface area contributed by atoms with Gasteiger partial charge in [0.15, 0.2) is 0 Å². The molecule has 0 amide bonds. The molecule has 2 N–H and O–H groups in total. The first-order chi connectivity index (χ1) is 8.62. The summed E-state index contributed by atoms with van der Waals surface area (Å²) in [6.07, 6.45) is 15.4. The fraction of sp³-hybridized carbons (Fsp3) is 1.00. The molecule has 2 rings (SSSR count). The summed E-state index contributed by atoms with van der Waals surface area (Å²) in [6, 6.07) is 0. The van der Waals surface area contributed by atoms with Gasteiger partial charge in [0.05, 0.1) is 0 Å². The lowest BCUT2D eigenvalue weighted by Gasteiger charge is -2.47. The minimum absolute atomic E-state index is 0.185. The van der Waals surface area contributed by atoms with E-state index in [-0.39, 0.29) is 5.54 Å². The molecule has 0 spiro atoms. The zero-order valence-electron chi connectivity index (χ0n) is 12.6. The van der Waals surface area contributed by atoms with Gasteiger partial charge in [0.1, 0.15) is 0 Å². The third kappa shape index (κ3) is 3.50. The average Bonchev–Trinajstić information content (AvgIpc) is 2.38. The molecule has 0 radical (unpaired) electrons. The van der Waals surface area contributed by atoms with Crippen molar-refractivity contribution in [2.75, 3.05) is 0 Å². The summed E-state index contributed by atoms with van der Waals surface area (Å²) in [7, 11) is 0. The lowest BCUT2D eigenvalue weighted by Crippen LogP contribution is -2.52. The molecular weight excluding hydrogens is 218 g/mol. The van der Waals surface area contributed by atoms with Gasteiger partial charge < -0.3 is 5.73 Å². The van der Waals surface area contributed by atoms with Crippen LogP contribution < -0.4 is 5.73 Å². The van der Waals surface area contributed by atoms with Crippen molar-refractivity contribution in [1.29, 1.82) is 0 Å². The van der Waals surface area contributed by atoms with Gasteiger partial charge in [-0.25, -0.2) is 0 Å². The molecular formula is C17H33N. The maximum absolute atomic E-state index is 6.88. The third-order valence-corrected chi connectivity index (χ3v) is 5.55. The summed E-state index contributed by atoms with van der Waals surface area (Å²) in [6.45, 7) is 4.67. The Morgan fingerprint density at radius 3 is 2.33 bits per heavy atom. The normalized spacial score (nSPS) is 35.0. The fourth-order valence-corrected chi connectivity index (χ4v) is 4.40. The van der Waals surface area contributed by atoms with Crippen molar-refractivity contribution in [3.8, 4) is 0 Å². The van der Waals surface area contributed by atoms with Crippen LogP contribution in [0.15, 0.2) is 0 Å². The minimum Gasteiger partial charge on any atom is -0.325 e. The van der Waals surface area contributed by atoms with E-state index in [1.165, 1.54) is 70.6 Å². The Hall–Kier alpha value is -0.0400. The quantitative estimate of drug-likeness (QED) is 0.756. The van der Waals surface area contributed by atoms with Crippen molar-refractivity contribution in [1.82, 2.24) is 0 Å². The van der Waals surface area contributed by atoms with Crippen LogP contribution >= 0.6 is 0 Å². The number of hydrogen-bond acceptors (Lipinski definition) is 1. The van der Waals surface area contributed by atoms with Gasteiger partial charge in [-0.2, -0.15) is 0 Å². The zero-order chi connectivity index (χ0) is 13.0. The van der Waals surface area contributed by atoms with Gasteiger partial charge in [-0.3, -0.25) is 0 Å². The summed E-state index contributed by atoms with van der Waals surface area (Å²) < 4.78 is 0. The highest BCUT2D eigenvalue weighted by Gasteiger charge is 2.41. The van der Waals surface area contributed by atoms with E-state index in [1.54, 1.807) is 0 Å². The van der Waals surface area contributed by atoms with Crippen LogP contribution in [0.1, 0.15) is 84.5 Å². The van der Waals surface area contributed by atoms with E-state index < -0.39 is 0 Å². The van der Waals surface area contributed by atoms with Crippen molar-refractivity contribution >= 4 is 0 Å². The second-order valence-corrected chi connectivity index (χ2v) is 7.42. The van der Waals surface area contributed by atoms with Gasteiger partial charge in [-0.15, -0.1) is 0 Å². The molecule has 18 heavy (non-hydrogen) atoms. The molecule has 0 saturated heterocycles. The molecule has 2 fully saturated rings. The average molecular weight is 251 g/mol. The molecule has 1 heteroatoms. The van der Waals surface area contributed by atoms with Crippen molar-refractivity contribution < 1.29 is 0 Å². The largest absolute Gasteiger partial charge is 0.325 e. The van der Waals surface area contributed by atoms with Crippen LogP contribution in [0.2, 0.25) is 0 Å². The smallest absolute Gasteiger partial charge is 0.0185 e. The maximum atomic E-state index is 6.88. The Balaban J connectivity index is 1.99. The molecule has 0 aromatic carbocycles. The van der Waals surface area contributed by atoms with Gasteiger partial charge in [0.2, 0.25) is 0 Å². The first-order valence-corrected chi connectivity index (χ1v) is 8.41. The van der Waals surface area contributed by atoms with Crippen molar-refractivity contribution in [2.45, 2.75) is 90.0 Å². The number of rotatable bonds is 4. The van der Waals surface area contributed by atoms with Crippen LogP contribution in [0, 0.1) is 17.8 Å². The van der Waals surface area contributed by atoms with Crippen LogP contribution in [0.25, 0.3) is 0 Å². The summed E-state index contributed by atoms with van der Waals surface area (Å²) in [5.41, 5.74) is 7.07. The Morgan fingerprint density at radius 2 is 1.67 bits per heavy atom. The van der Waals surface area contributed by atoms with Crippen LogP contribution in [0.3, 0.4) is 0 Å². The fourth-order valence-electron chi connectivity index (χ4n) is 4.40. The van der Waals surface area contributed by atoms with Gasteiger partial charge in [-0.1, -0.05) is 58.8 Å². The van der Waals surface area contributed by atoms with Crippen molar-refractivity contribution in [3.05, 3.63) is 0 Å². The zero-order valence-corrected chi connectivity index (χ0v) is 12.6. The Bertz CT molecular complexity index is 242. The van der Waals surface area contributed by atoms with E-state index in [2.05, 4.69) is 13.8 Å². The Kier molecular flexibility index (Phi) is 5.12. The second kappa shape index (κ2) is 6.41. The lowest BCUT2D eigenvalue weighted by atomic mass is 9.62. The summed E-state index contributed by atoms with van der Waals surface area (Å²) in [5, 5.41) is 0. The van der Waals surface area contributed by atoms with Gasteiger partial charge in [0, 0.05) is 5.54 Å². The Morgan fingerprint density at radius 1 is 1.00 bits per heavy atom. The monoisotopic (exact) mass is 251 g/mol. The van der Waals surface area contributed by atoms with Crippen molar-refractivity contribution in [3.63, 3.8) is 0 Å². The van der Waals surface area contributed by atoms with Crippen LogP contribution in [-0.4, -0.2) is 5.54 Å². The summed E-state index contributed by atoms with van der Waals surface area (Å²) in [4.78, 5) is 0. The number of nitrogens with two attached hydrogens (primary N) is 1. The highest BCUT2D eigenvalue weighted by molar-refractivity contribution is 4.97. The van der Waals surface area contributed by atoms with Crippen LogP contribution in [0.4, 0.5) is 0 Å². The van der Waals surface area contributed by atoms with E-state index in [0.29, 0.717) is 0 Å². The molecule has 0 heterocycles. The first kappa shape index (κ1) is 14.4. The van der Waals surface area contributed by atoms with E-state index in [1.807, 2.05) is 0 Å². The van der Waals surface area contributed by atoms with Gasteiger partial charge in [0.25, 0.3) is 0 Å². The van der Waals surface area contributed by atoms with E-state index in [4.69, 9.17) is 5.73 Å².